The van der Waals surface area contributed by atoms with E-state index in [1.54, 1.807) is 0 Å². The van der Waals surface area contributed by atoms with Gasteiger partial charge in [-0.2, -0.15) is 8.42 Å². The summed E-state index contributed by atoms with van der Waals surface area (Å²) in [5.74, 6) is -1.83. The molecule has 0 aromatic heterocycles. The van der Waals surface area contributed by atoms with Crippen LogP contribution >= 0.6 is 22.7 Å². The summed E-state index contributed by atoms with van der Waals surface area (Å²) < 4.78 is 277. The van der Waals surface area contributed by atoms with Crippen molar-refractivity contribution in [2.24, 2.45) is 5.92 Å². The standard InChI is InChI=1S/C7H13O16S3.C6H10O19PS4.2O2PS.2OS/c1-2-4(20-24(10,11)12)3(8)6(19-23-9)7(22-26(16,17)18)5(2)21-25(13,14)15;7-1-2(20-25-8)5(23-29(14,15)16)6(24-30(17,18)19)4(21-26-27(9)10)3(1)22-28(11,12)13;2*1-3-4-2;2*1-2/h2-7,9H,1H3,(H,10,11,12)(H,13,14,15)(H,16,17,18);1-6H,(H4-2,8,9,10,11,12,13,14,15,16,17,18,19);;;;/q-1;-3;2*-1;;/p-8/t2-,3+,4-,5+,6-,7-;1-,2-,3+,4-,5-,6+;;;;/m11..../s1. The van der Waals surface area contributed by atoms with Gasteiger partial charge in [-0.15, -0.1) is 0 Å². The van der Waals surface area contributed by atoms with Crippen LogP contribution in [0.4, 0.5) is 0 Å². The molecule has 0 aromatic rings. The Hall–Kier alpha value is 0.0300. The first kappa shape index (κ1) is 74.6. The van der Waals surface area contributed by atoms with Crippen molar-refractivity contribution in [2.45, 2.75) is 74.1 Å². The van der Waals surface area contributed by atoms with E-state index in [0.717, 1.165) is 6.92 Å². The van der Waals surface area contributed by atoms with Crippen LogP contribution in [0.1, 0.15) is 6.92 Å². The first-order valence-corrected chi connectivity index (χ1v) is 29.4. The van der Waals surface area contributed by atoms with E-state index in [2.05, 4.69) is 74.5 Å². The Morgan fingerprint density at radius 3 is 0.956 bits per heavy atom. The lowest BCUT2D eigenvalue weighted by Gasteiger charge is -2.51. The summed E-state index contributed by atoms with van der Waals surface area (Å²) in [7, 11) is -39.7. The summed E-state index contributed by atoms with van der Waals surface area (Å²) in [6, 6.07) is 0. The van der Waals surface area contributed by atoms with Crippen LogP contribution in [0.5, 0.6) is 0 Å². The molecule has 0 heterocycles. The van der Waals surface area contributed by atoms with E-state index in [0.29, 0.717) is 0 Å². The van der Waals surface area contributed by atoms with Crippen LogP contribution in [0.2, 0.25) is 0 Å². The monoisotopic (exact) mass is 1270 g/mol. The van der Waals surface area contributed by atoms with Gasteiger partial charge in [0.1, 0.15) is 42.7 Å². The molecule has 55 heteroatoms. The van der Waals surface area contributed by atoms with Gasteiger partial charge in [0, 0.05) is 5.92 Å². The maximum absolute atomic E-state index is 12.4. The fraction of sp³-hybridized carbons (Fsp3) is 1.00. The van der Waals surface area contributed by atoms with Crippen LogP contribution in [-0.4, -0.2) is 171 Å². The van der Waals surface area contributed by atoms with Gasteiger partial charge >= 0.3 is 0 Å². The molecule has 0 radical (unpaired) electrons. The third-order valence-corrected chi connectivity index (χ3v) is 10.5. The predicted molar refractivity (Wildman–Crippen MR) is 183 cm³/mol. The minimum Gasteiger partial charge on any atom is -0.848 e. The van der Waals surface area contributed by atoms with Crippen LogP contribution in [-0.2, 0) is 169 Å². The van der Waals surface area contributed by atoms with E-state index in [1.807, 2.05) is 0 Å². The highest BCUT2D eigenvalue weighted by molar-refractivity contribution is 8.12. The number of hydrogen-bond donors (Lipinski definition) is 0. The highest BCUT2D eigenvalue weighted by atomic mass is 32.5. The molecule has 0 bridgehead atoms. The van der Waals surface area contributed by atoms with Crippen molar-refractivity contribution in [3.63, 3.8) is 0 Å². The van der Waals surface area contributed by atoms with Gasteiger partial charge in [0.2, 0.25) is 62.4 Å². The Morgan fingerprint density at radius 1 is 0.456 bits per heavy atom. The Bertz CT molecular complexity index is 2300. The van der Waals surface area contributed by atoms with E-state index in [4.69, 9.17) is 26.6 Å². The molecule has 2 rings (SSSR count). The van der Waals surface area contributed by atoms with Crippen LogP contribution in [0.25, 0.3) is 0 Å². The van der Waals surface area contributed by atoms with Crippen molar-refractivity contribution in [3.05, 3.63) is 0 Å². The quantitative estimate of drug-likeness (QED) is 0.0404. The molecular weight excluding hydrogens is 1260 g/mol. The molecule has 68 heavy (non-hydrogen) atoms. The average molecular weight is 1270 g/mol. The SMILES string of the molecule is C[C@@H]1[C@@H](OS(=O)(=O)[O-])[C@H]([O-])[C@@H](OO[O-])[C@H](OS(=O)(=O)[O-])[C@H]1OS(=O)(=O)[O-].O=S.O=S.O=S(=O)([O-])O[C@@H]1[C@H](OS(=O)(=O)[O-])[C@H](OO[O-])[C@@H]([O-])[C@H](OS(=O)(=O)[O-])[C@H]1OP=S([O-])[O-].O=S=P[O-].O=S=P[O-]. The zero-order valence-corrected chi connectivity index (χ0v) is 42.2. The fourth-order valence-electron chi connectivity index (χ4n) is 4.52. The van der Waals surface area contributed by atoms with Gasteiger partial charge in [0.25, 0.3) is 0 Å². The van der Waals surface area contributed by atoms with E-state index < -0.39 is 169 Å². The second-order valence-corrected chi connectivity index (χ2v) is 20.6. The summed E-state index contributed by atoms with van der Waals surface area (Å²) in [4.78, 5) is 25.5. The van der Waals surface area contributed by atoms with Gasteiger partial charge in [-0.3, -0.25) is 35.2 Å². The summed E-state index contributed by atoms with van der Waals surface area (Å²) >= 11 is 5.67. The first-order chi connectivity index (χ1) is 30.8. The summed E-state index contributed by atoms with van der Waals surface area (Å²) in [5.41, 5.74) is 0. The van der Waals surface area contributed by atoms with Gasteiger partial charge in [-0.05, 0) is 0 Å². The Balaban J connectivity index is -0.000000490. The molecule has 12 atom stereocenters. The molecule has 2 fully saturated rings. The fourth-order valence-corrected chi connectivity index (χ4v) is 8.52. The Morgan fingerprint density at radius 2 is 0.691 bits per heavy atom. The van der Waals surface area contributed by atoms with Crippen LogP contribution in [0, 0.1) is 5.92 Å². The Labute approximate surface area is 403 Å². The van der Waals surface area contributed by atoms with Gasteiger partial charge in [-0.1, -0.05) is 34.3 Å². The lowest BCUT2D eigenvalue weighted by molar-refractivity contribution is -0.810. The molecule has 2 saturated carbocycles. The summed E-state index contributed by atoms with van der Waals surface area (Å²) in [6.07, 6.45) is -29.4. The van der Waals surface area contributed by atoms with Gasteiger partial charge in [0.05, 0.1) is 41.5 Å². The second-order valence-electron chi connectivity index (χ2n) is 10.0. The summed E-state index contributed by atoms with van der Waals surface area (Å²) in [5, 5.41) is 50.6. The van der Waals surface area contributed by atoms with Crippen LogP contribution in [0.15, 0.2) is 0 Å². The molecule has 0 unspecified atom stereocenters. The molecule has 0 saturated heterocycles. The van der Waals surface area contributed by atoms with Gasteiger partial charge in [-0.25, -0.2) is 68.7 Å². The molecule has 0 amide bonds. The van der Waals surface area contributed by atoms with Crippen LogP contribution < -0.4 is 30.5 Å². The van der Waals surface area contributed by atoms with Crippen molar-refractivity contribution in [1.82, 2.24) is 0 Å². The average Bonchev–Trinajstić information content (AvgIpc) is 3.18. The van der Waals surface area contributed by atoms with E-state index in [-0.39, 0.29) is 21.7 Å². The zero-order chi connectivity index (χ0) is 54.8. The minimum atomic E-state index is -5.93. The van der Waals surface area contributed by atoms with E-state index >= 15 is 0 Å². The molecule has 2 aliphatic carbocycles. The maximum Gasteiger partial charge on any atom is 0.218 e. The highest BCUT2D eigenvalue weighted by Crippen LogP contribution is 2.36. The van der Waals surface area contributed by atoms with Gasteiger partial charge in [0.15, 0.2) is 25.1 Å². The molecule has 0 aromatic carbocycles. The molecule has 0 N–H and O–H groups in total. The van der Waals surface area contributed by atoms with Crippen molar-refractivity contribution in [2.75, 3.05) is 0 Å². The molecule has 41 nitrogen and oxygen atoms in total. The molecule has 2 aliphatic rings. The third-order valence-electron chi connectivity index (χ3n) is 6.24. The van der Waals surface area contributed by atoms with Crippen molar-refractivity contribution < 1.29 is 184 Å². The lowest BCUT2D eigenvalue weighted by Crippen LogP contribution is -2.70. The van der Waals surface area contributed by atoms with Gasteiger partial charge < -0.3 is 82.1 Å². The second kappa shape index (κ2) is 35.3. The number of rotatable bonds is 18. The Kier molecular flexibility index (Phi) is 38.7. The van der Waals surface area contributed by atoms with Crippen molar-refractivity contribution in [1.29, 1.82) is 0 Å². The molecule has 408 valence electrons. The van der Waals surface area contributed by atoms with E-state index in [9.17, 15) is 108 Å². The predicted octanol–water partition coefficient (Wildman–Crippen LogP) is -13.6. The molecule has 0 aliphatic heterocycles. The normalized spacial score (nSPS) is 27.8. The van der Waals surface area contributed by atoms with Crippen molar-refractivity contribution in [3.8, 4) is 0 Å². The van der Waals surface area contributed by atoms with E-state index in [1.165, 1.54) is 0 Å². The molecule has 0 spiro atoms. The molecular formula is C13H15O41P3S11-14. The first-order valence-electron chi connectivity index (χ1n) is 13.9. The van der Waals surface area contributed by atoms with Crippen molar-refractivity contribution >= 4 is 143 Å². The smallest absolute Gasteiger partial charge is 0.218 e. The third kappa shape index (κ3) is 33.7. The van der Waals surface area contributed by atoms with Crippen LogP contribution in [0.3, 0.4) is 0 Å². The maximum atomic E-state index is 12.4. The zero-order valence-electron chi connectivity index (χ0n) is 30.5. The largest absolute Gasteiger partial charge is 0.848 e. The summed E-state index contributed by atoms with van der Waals surface area (Å²) in [6.45, 7) is 0.804. The number of hydrogen-bond acceptors (Lipinski definition) is 43. The topological polar surface area (TPSA) is 697 Å². The minimum absolute atomic E-state index is 0.0231. The highest BCUT2D eigenvalue weighted by Gasteiger charge is 2.54. The lowest BCUT2D eigenvalue weighted by atomic mass is 9.79.